The molecule has 0 aliphatic heterocycles. The molecule has 128 valence electrons. The molecule has 0 aliphatic rings. The number of carbonyl (C=O) groups excluding carboxylic acids is 1. The lowest BCUT2D eigenvalue weighted by atomic mass is 10.3. The first-order valence-corrected chi connectivity index (χ1v) is 8.35. The van der Waals surface area contributed by atoms with E-state index < -0.39 is 0 Å². The number of para-hydroxylation sites is 1. The second kappa shape index (κ2) is 6.90. The Morgan fingerprint density at radius 3 is 2.38 bits per heavy atom. The highest BCUT2D eigenvalue weighted by atomic mass is 35.5. The van der Waals surface area contributed by atoms with E-state index in [0.717, 1.165) is 5.75 Å². The third-order valence-electron chi connectivity index (χ3n) is 3.79. The van der Waals surface area contributed by atoms with Crippen LogP contribution < -0.4 is 10.1 Å². The minimum atomic E-state index is -0.328. The number of hydrogen-bond donors (Lipinski definition) is 1. The molecule has 5 nitrogen and oxygen atoms in total. The lowest BCUT2D eigenvalue weighted by Crippen LogP contribution is -2.14. The molecule has 0 fully saturated rings. The van der Waals surface area contributed by atoms with Crippen molar-refractivity contribution in [1.29, 1.82) is 0 Å². The quantitative estimate of drug-likeness (QED) is 0.553. The lowest BCUT2D eigenvalue weighted by Gasteiger charge is -2.08. The summed E-state index contributed by atoms with van der Waals surface area (Å²) in [4.78, 5) is 16.8. The number of carbonyl (C=O) groups is 1. The molecule has 2 aromatic heterocycles. The van der Waals surface area contributed by atoms with Gasteiger partial charge < -0.3 is 10.1 Å². The molecule has 2 aromatic carbocycles. The highest BCUT2D eigenvalue weighted by molar-refractivity contribution is 6.33. The molecule has 0 radical (unpaired) electrons. The molecule has 26 heavy (non-hydrogen) atoms. The number of anilines is 1. The van der Waals surface area contributed by atoms with Gasteiger partial charge in [0.25, 0.3) is 5.91 Å². The minimum Gasteiger partial charge on any atom is -0.457 e. The molecular weight excluding hydrogens is 350 g/mol. The van der Waals surface area contributed by atoms with Crippen LogP contribution >= 0.6 is 11.6 Å². The molecule has 0 bridgehead atoms. The van der Waals surface area contributed by atoms with Crippen LogP contribution in [0.1, 0.15) is 10.5 Å². The van der Waals surface area contributed by atoms with Crippen molar-refractivity contribution in [3.63, 3.8) is 0 Å². The van der Waals surface area contributed by atoms with Crippen LogP contribution in [0.2, 0.25) is 5.15 Å². The monoisotopic (exact) mass is 363 g/mol. The number of nitrogens with one attached hydrogen (secondary N) is 1. The molecule has 1 amide bonds. The Morgan fingerprint density at radius 2 is 1.62 bits per heavy atom. The highest BCUT2D eigenvalue weighted by Crippen LogP contribution is 2.24. The number of pyridine rings is 1. The molecule has 0 unspecified atom stereocenters. The van der Waals surface area contributed by atoms with E-state index >= 15 is 0 Å². The molecule has 1 N–H and O–H groups in total. The van der Waals surface area contributed by atoms with E-state index in [2.05, 4.69) is 10.3 Å². The number of benzene rings is 2. The van der Waals surface area contributed by atoms with Crippen molar-refractivity contribution >= 4 is 28.8 Å². The summed E-state index contributed by atoms with van der Waals surface area (Å²) in [7, 11) is 0. The van der Waals surface area contributed by atoms with E-state index in [0.29, 0.717) is 22.8 Å². The molecule has 4 aromatic rings. The Morgan fingerprint density at radius 1 is 0.923 bits per heavy atom. The van der Waals surface area contributed by atoms with Crippen molar-refractivity contribution in [1.82, 2.24) is 9.38 Å². The minimum absolute atomic E-state index is 0.165. The first kappa shape index (κ1) is 16.2. The normalized spacial score (nSPS) is 10.7. The molecule has 2 heterocycles. The Balaban J connectivity index is 1.52. The number of aromatic nitrogens is 2. The fraction of sp³-hybridized carbons (Fsp3) is 0. The van der Waals surface area contributed by atoms with Crippen molar-refractivity contribution in [2.45, 2.75) is 0 Å². The van der Waals surface area contributed by atoms with Crippen LogP contribution in [0.15, 0.2) is 79.0 Å². The van der Waals surface area contributed by atoms with Gasteiger partial charge in [0.2, 0.25) is 0 Å². The average molecular weight is 364 g/mol. The zero-order valence-corrected chi connectivity index (χ0v) is 14.4. The van der Waals surface area contributed by atoms with Crippen LogP contribution in [0.25, 0.3) is 5.65 Å². The first-order valence-electron chi connectivity index (χ1n) is 7.97. The largest absolute Gasteiger partial charge is 0.457 e. The van der Waals surface area contributed by atoms with E-state index in [1.807, 2.05) is 42.5 Å². The van der Waals surface area contributed by atoms with Gasteiger partial charge in [-0.2, -0.15) is 0 Å². The van der Waals surface area contributed by atoms with E-state index in [1.54, 1.807) is 40.9 Å². The van der Waals surface area contributed by atoms with Crippen molar-refractivity contribution in [2.24, 2.45) is 0 Å². The van der Waals surface area contributed by atoms with Gasteiger partial charge in [-0.05, 0) is 48.5 Å². The number of amides is 1. The third-order valence-corrected chi connectivity index (χ3v) is 4.06. The van der Waals surface area contributed by atoms with Crippen LogP contribution in [0.4, 0.5) is 5.69 Å². The number of ether oxygens (including phenoxy) is 1. The molecule has 4 rings (SSSR count). The maximum atomic E-state index is 12.6. The SMILES string of the molecule is O=C(Nc1ccc(Oc2ccccc2)cc1)c1c(Cl)nc2ccccn12. The number of nitrogens with zero attached hydrogens (tertiary/aromatic N) is 2. The van der Waals surface area contributed by atoms with Crippen LogP contribution in [0.3, 0.4) is 0 Å². The maximum Gasteiger partial charge on any atom is 0.275 e. The van der Waals surface area contributed by atoms with Gasteiger partial charge in [-0.15, -0.1) is 0 Å². The number of fused-ring (bicyclic) bond motifs is 1. The predicted molar refractivity (Wildman–Crippen MR) is 101 cm³/mol. The molecule has 0 saturated carbocycles. The van der Waals surface area contributed by atoms with Gasteiger partial charge in [0.1, 0.15) is 17.1 Å². The van der Waals surface area contributed by atoms with Crippen LogP contribution in [-0.2, 0) is 0 Å². The van der Waals surface area contributed by atoms with Crippen LogP contribution in [0, 0.1) is 0 Å². The Hall–Kier alpha value is -3.31. The molecule has 0 spiro atoms. The molecule has 0 atom stereocenters. The van der Waals surface area contributed by atoms with Gasteiger partial charge in [-0.1, -0.05) is 35.9 Å². The molecule has 6 heteroatoms. The summed E-state index contributed by atoms with van der Waals surface area (Å²) in [5, 5.41) is 2.99. The summed E-state index contributed by atoms with van der Waals surface area (Å²) in [5.74, 6) is 1.11. The van der Waals surface area contributed by atoms with Gasteiger partial charge in [0, 0.05) is 11.9 Å². The van der Waals surface area contributed by atoms with Crippen molar-refractivity contribution in [2.75, 3.05) is 5.32 Å². The van der Waals surface area contributed by atoms with Crippen molar-refractivity contribution in [3.8, 4) is 11.5 Å². The average Bonchev–Trinajstić information content (AvgIpc) is 3.00. The first-order chi connectivity index (χ1) is 12.7. The lowest BCUT2D eigenvalue weighted by molar-refractivity contribution is 0.102. The zero-order valence-electron chi connectivity index (χ0n) is 13.6. The number of halogens is 1. The Bertz CT molecular complexity index is 1060. The maximum absolute atomic E-state index is 12.6. The van der Waals surface area contributed by atoms with Crippen molar-refractivity contribution in [3.05, 3.63) is 89.8 Å². The fourth-order valence-corrected chi connectivity index (χ4v) is 2.85. The second-order valence-electron chi connectivity index (χ2n) is 5.57. The number of rotatable bonds is 4. The zero-order chi connectivity index (χ0) is 17.9. The van der Waals surface area contributed by atoms with Gasteiger partial charge in [0.05, 0.1) is 0 Å². The molecule has 0 aliphatic carbocycles. The standard InChI is InChI=1S/C20H14ClN3O2/c21-19-18(24-13-5-4-8-17(24)23-19)20(25)22-14-9-11-16(12-10-14)26-15-6-2-1-3-7-15/h1-13H,(H,22,25). The van der Waals surface area contributed by atoms with E-state index in [9.17, 15) is 4.79 Å². The van der Waals surface area contributed by atoms with Gasteiger partial charge in [0.15, 0.2) is 10.8 Å². The van der Waals surface area contributed by atoms with Crippen LogP contribution in [0.5, 0.6) is 11.5 Å². The number of hydrogen-bond acceptors (Lipinski definition) is 3. The smallest absolute Gasteiger partial charge is 0.275 e. The summed E-state index contributed by atoms with van der Waals surface area (Å²) >= 11 is 6.13. The Labute approximate surface area is 154 Å². The summed E-state index contributed by atoms with van der Waals surface area (Å²) in [6, 6.07) is 22.1. The third kappa shape index (κ3) is 3.25. The second-order valence-corrected chi connectivity index (χ2v) is 5.93. The van der Waals surface area contributed by atoms with E-state index in [4.69, 9.17) is 16.3 Å². The molecular formula is C20H14ClN3O2. The summed E-state index contributed by atoms with van der Waals surface area (Å²) in [5.41, 5.74) is 1.55. The summed E-state index contributed by atoms with van der Waals surface area (Å²) in [6.07, 6.45) is 1.75. The molecule has 0 saturated heterocycles. The predicted octanol–water partition coefficient (Wildman–Crippen LogP) is 5.03. The van der Waals surface area contributed by atoms with Crippen molar-refractivity contribution < 1.29 is 9.53 Å². The topological polar surface area (TPSA) is 55.6 Å². The Kier molecular flexibility index (Phi) is 4.29. The number of imidazole rings is 1. The summed E-state index contributed by atoms with van der Waals surface area (Å²) < 4.78 is 7.40. The van der Waals surface area contributed by atoms with E-state index in [1.165, 1.54) is 0 Å². The van der Waals surface area contributed by atoms with Gasteiger partial charge >= 0.3 is 0 Å². The van der Waals surface area contributed by atoms with Crippen LogP contribution in [-0.4, -0.2) is 15.3 Å². The van der Waals surface area contributed by atoms with Gasteiger partial charge in [-0.3, -0.25) is 9.20 Å². The highest BCUT2D eigenvalue weighted by Gasteiger charge is 2.17. The van der Waals surface area contributed by atoms with Gasteiger partial charge in [-0.25, -0.2) is 4.98 Å². The van der Waals surface area contributed by atoms with E-state index in [-0.39, 0.29) is 11.1 Å². The summed E-state index contributed by atoms with van der Waals surface area (Å²) in [6.45, 7) is 0. The fourth-order valence-electron chi connectivity index (χ4n) is 2.59.